The number of anilines is 1. The molecule has 0 bridgehead atoms. The van der Waals surface area contributed by atoms with Crippen molar-refractivity contribution in [2.24, 2.45) is 5.73 Å². The Morgan fingerprint density at radius 3 is 2.52 bits per heavy atom. The fraction of sp³-hybridized carbons (Fsp3) is 0.600. The highest BCUT2D eigenvalue weighted by atomic mass is 16.2. The second kappa shape index (κ2) is 5.99. The Bertz CT molecular complexity index is 495. The van der Waals surface area contributed by atoms with Crippen LogP contribution in [0.1, 0.15) is 12.0 Å². The number of carbonyl (C=O) groups excluding carboxylic acids is 1. The summed E-state index contributed by atoms with van der Waals surface area (Å²) in [6, 6.07) is 4.15. The largest absolute Gasteiger partial charge is 0.354 e. The summed E-state index contributed by atoms with van der Waals surface area (Å²) in [7, 11) is 1.89. The molecule has 0 aromatic carbocycles. The quantitative estimate of drug-likeness (QED) is 0.841. The van der Waals surface area contributed by atoms with Crippen LogP contribution in [0.25, 0.3) is 0 Å². The third kappa shape index (κ3) is 2.87. The third-order valence-corrected chi connectivity index (χ3v) is 4.52. The zero-order chi connectivity index (χ0) is 14.8. The van der Waals surface area contributed by atoms with Crippen molar-refractivity contribution in [1.29, 1.82) is 0 Å². The summed E-state index contributed by atoms with van der Waals surface area (Å²) in [6.45, 7) is 5.09. The normalized spacial score (nSPS) is 23.9. The maximum absolute atomic E-state index is 12.1. The number of likely N-dealkylation sites (tertiary alicyclic amines) is 1. The lowest BCUT2D eigenvalue weighted by atomic mass is 10.1. The molecule has 2 aliphatic rings. The van der Waals surface area contributed by atoms with Crippen molar-refractivity contribution < 1.29 is 4.79 Å². The number of nitrogens with two attached hydrogens (primary N) is 1. The second-order valence-corrected chi connectivity index (χ2v) is 5.82. The number of likely N-dealkylation sites (N-methyl/N-ethyl adjacent to an activating group) is 1. The van der Waals surface area contributed by atoms with Crippen molar-refractivity contribution in [2.75, 3.05) is 44.7 Å². The molecule has 1 atom stereocenters. The Kier molecular flexibility index (Phi) is 4.07. The van der Waals surface area contributed by atoms with Crippen molar-refractivity contribution in [3.05, 3.63) is 23.9 Å². The molecule has 2 saturated heterocycles. The van der Waals surface area contributed by atoms with Gasteiger partial charge in [0.25, 0.3) is 0 Å². The maximum Gasteiger partial charge on any atom is 0.239 e. The summed E-state index contributed by atoms with van der Waals surface area (Å²) in [5.74, 6) is 1.27. The Balaban J connectivity index is 1.58. The predicted octanol–water partition coefficient (Wildman–Crippen LogP) is -0.107. The zero-order valence-electron chi connectivity index (χ0n) is 12.5. The summed E-state index contributed by atoms with van der Waals surface area (Å²) in [5, 5.41) is 0. The summed E-state index contributed by atoms with van der Waals surface area (Å²) in [5.41, 5.74) is 6.65. The van der Waals surface area contributed by atoms with E-state index >= 15 is 0 Å². The van der Waals surface area contributed by atoms with Crippen LogP contribution in [0.15, 0.2) is 18.3 Å². The minimum absolute atomic E-state index is 0.0877. The molecule has 3 rings (SSSR count). The first kappa shape index (κ1) is 14.3. The first-order chi connectivity index (χ1) is 10.2. The average molecular weight is 289 g/mol. The molecule has 0 saturated carbocycles. The van der Waals surface area contributed by atoms with Gasteiger partial charge in [0.15, 0.2) is 0 Å². The van der Waals surface area contributed by atoms with Gasteiger partial charge in [-0.25, -0.2) is 4.98 Å². The molecule has 21 heavy (non-hydrogen) atoms. The predicted molar refractivity (Wildman–Crippen MR) is 82.0 cm³/mol. The Hall–Kier alpha value is -1.66. The molecule has 3 heterocycles. The highest BCUT2D eigenvalue weighted by molar-refractivity contribution is 5.83. The van der Waals surface area contributed by atoms with Crippen LogP contribution in [0.3, 0.4) is 0 Å². The van der Waals surface area contributed by atoms with Crippen LogP contribution in [-0.4, -0.2) is 66.5 Å². The van der Waals surface area contributed by atoms with E-state index in [9.17, 15) is 4.79 Å². The topological polar surface area (TPSA) is 65.7 Å². The molecule has 0 spiro atoms. The minimum atomic E-state index is 0.0877. The molecule has 1 aromatic rings. The van der Waals surface area contributed by atoms with E-state index in [1.807, 2.05) is 30.3 Å². The van der Waals surface area contributed by atoms with Gasteiger partial charge in [0.2, 0.25) is 5.91 Å². The van der Waals surface area contributed by atoms with Gasteiger partial charge in [0.1, 0.15) is 5.82 Å². The second-order valence-electron chi connectivity index (χ2n) is 5.82. The number of carbonyl (C=O) groups is 1. The highest BCUT2D eigenvalue weighted by Gasteiger charge is 2.35. The molecule has 6 heteroatoms. The third-order valence-electron chi connectivity index (χ3n) is 4.52. The molecule has 2 N–H and O–H groups in total. The van der Waals surface area contributed by atoms with Gasteiger partial charge in [-0.1, -0.05) is 6.07 Å². The van der Waals surface area contributed by atoms with Crippen LogP contribution in [0.5, 0.6) is 0 Å². The zero-order valence-corrected chi connectivity index (χ0v) is 12.5. The van der Waals surface area contributed by atoms with Crippen molar-refractivity contribution in [3.63, 3.8) is 0 Å². The lowest BCUT2D eigenvalue weighted by Gasteiger charge is -2.37. The standard InChI is InChI=1S/C15H23N5O/c1-18-5-4-13(15(18)21)19-6-8-20(9-7-19)14-3-2-12(10-16)11-17-14/h2-3,11,13H,4-10,16H2,1H3. The number of amides is 1. The fourth-order valence-corrected chi connectivity index (χ4v) is 3.13. The Morgan fingerprint density at radius 1 is 1.24 bits per heavy atom. The summed E-state index contributed by atoms with van der Waals surface area (Å²) >= 11 is 0. The van der Waals surface area contributed by atoms with E-state index in [1.54, 1.807) is 0 Å². The van der Waals surface area contributed by atoms with Crippen molar-refractivity contribution >= 4 is 11.7 Å². The van der Waals surface area contributed by atoms with E-state index in [0.717, 1.165) is 50.5 Å². The van der Waals surface area contributed by atoms with E-state index in [1.165, 1.54) is 0 Å². The first-order valence-corrected chi connectivity index (χ1v) is 7.58. The van der Waals surface area contributed by atoms with Gasteiger partial charge in [-0.05, 0) is 18.1 Å². The van der Waals surface area contributed by atoms with Crippen molar-refractivity contribution in [2.45, 2.75) is 19.0 Å². The van der Waals surface area contributed by atoms with Crippen molar-refractivity contribution in [1.82, 2.24) is 14.8 Å². The maximum atomic E-state index is 12.1. The van der Waals surface area contributed by atoms with Crippen LogP contribution in [0.4, 0.5) is 5.82 Å². The van der Waals surface area contributed by atoms with Crippen LogP contribution in [-0.2, 0) is 11.3 Å². The monoisotopic (exact) mass is 289 g/mol. The Morgan fingerprint density at radius 2 is 2.00 bits per heavy atom. The van der Waals surface area contributed by atoms with E-state index < -0.39 is 0 Å². The number of hydrogen-bond acceptors (Lipinski definition) is 5. The van der Waals surface area contributed by atoms with Gasteiger partial charge >= 0.3 is 0 Å². The average Bonchev–Trinajstić information content (AvgIpc) is 2.87. The summed E-state index contributed by atoms with van der Waals surface area (Å²) in [6.07, 6.45) is 2.80. The minimum Gasteiger partial charge on any atom is -0.354 e. The lowest BCUT2D eigenvalue weighted by Crippen LogP contribution is -2.52. The fourth-order valence-electron chi connectivity index (χ4n) is 3.13. The van der Waals surface area contributed by atoms with Crippen LogP contribution < -0.4 is 10.6 Å². The molecule has 0 radical (unpaired) electrons. The molecule has 1 aromatic heterocycles. The number of aromatic nitrogens is 1. The smallest absolute Gasteiger partial charge is 0.239 e. The SMILES string of the molecule is CN1CCC(N2CCN(c3ccc(CN)cn3)CC2)C1=O. The summed E-state index contributed by atoms with van der Waals surface area (Å²) < 4.78 is 0. The summed E-state index contributed by atoms with van der Waals surface area (Å²) in [4.78, 5) is 23.0. The molecular weight excluding hydrogens is 266 g/mol. The molecule has 2 aliphatic heterocycles. The molecule has 0 aliphatic carbocycles. The number of pyridine rings is 1. The van der Waals surface area contributed by atoms with Crippen LogP contribution in [0.2, 0.25) is 0 Å². The van der Waals surface area contributed by atoms with Crippen LogP contribution >= 0.6 is 0 Å². The highest BCUT2D eigenvalue weighted by Crippen LogP contribution is 2.20. The van der Waals surface area contributed by atoms with Gasteiger partial charge in [0.05, 0.1) is 6.04 Å². The lowest BCUT2D eigenvalue weighted by molar-refractivity contribution is -0.131. The molecule has 1 unspecified atom stereocenters. The van der Waals surface area contributed by atoms with E-state index in [2.05, 4.69) is 14.8 Å². The molecule has 114 valence electrons. The molecule has 6 nitrogen and oxygen atoms in total. The van der Waals surface area contributed by atoms with E-state index in [-0.39, 0.29) is 11.9 Å². The number of piperazine rings is 1. The van der Waals surface area contributed by atoms with Gasteiger partial charge in [-0.15, -0.1) is 0 Å². The van der Waals surface area contributed by atoms with Gasteiger partial charge < -0.3 is 15.5 Å². The number of nitrogens with zero attached hydrogens (tertiary/aromatic N) is 4. The van der Waals surface area contributed by atoms with Crippen molar-refractivity contribution in [3.8, 4) is 0 Å². The number of rotatable bonds is 3. The molecular formula is C15H23N5O. The van der Waals surface area contributed by atoms with E-state index in [0.29, 0.717) is 6.54 Å². The van der Waals surface area contributed by atoms with Crippen LogP contribution in [0, 0.1) is 0 Å². The Labute approximate surface area is 125 Å². The first-order valence-electron chi connectivity index (χ1n) is 7.58. The van der Waals surface area contributed by atoms with Gasteiger partial charge in [-0.3, -0.25) is 9.69 Å². The van der Waals surface area contributed by atoms with E-state index in [4.69, 9.17) is 5.73 Å². The molecule has 1 amide bonds. The van der Waals surface area contributed by atoms with Gasteiger partial charge in [-0.2, -0.15) is 0 Å². The van der Waals surface area contributed by atoms with Gasteiger partial charge in [0, 0.05) is 52.5 Å². The molecule has 2 fully saturated rings. The number of hydrogen-bond donors (Lipinski definition) is 1.